The van der Waals surface area contributed by atoms with Gasteiger partial charge in [-0.05, 0) is 64.5 Å². The van der Waals surface area contributed by atoms with Crippen molar-refractivity contribution in [2.24, 2.45) is 0 Å². The van der Waals surface area contributed by atoms with Crippen LogP contribution in [0.25, 0.3) is 0 Å². The first-order chi connectivity index (χ1) is 34.4. The van der Waals surface area contributed by atoms with Gasteiger partial charge in [-0.25, -0.2) is 0 Å². The highest BCUT2D eigenvalue weighted by Crippen LogP contribution is 2.27. The first kappa shape index (κ1) is 73.8. The predicted molar refractivity (Wildman–Crippen MR) is 334 cm³/mol. The number of halogens is 2. The lowest BCUT2D eigenvalue weighted by atomic mass is 9.97. The third-order valence-electron chi connectivity index (χ3n) is 17.0. The van der Waals surface area contributed by atoms with Crippen molar-refractivity contribution >= 4 is 24.8 Å². The second-order valence-electron chi connectivity index (χ2n) is 23.8. The Morgan fingerprint density at radius 3 is 0.569 bits per heavy atom. The predicted octanol–water partition coefficient (Wildman–Crippen LogP) is 24.5. The minimum Gasteiger partial charge on any atom is -0.294 e. The Balaban J connectivity index is 0. The average molecular weight is 1050 g/mol. The molecule has 4 atom stereocenters. The van der Waals surface area contributed by atoms with E-state index in [-0.39, 0.29) is 24.8 Å². The Bertz CT molecular complexity index is 1020. The molecule has 1 rings (SSSR count). The molecule has 0 saturated heterocycles. The molecule has 430 valence electrons. The van der Waals surface area contributed by atoms with Crippen LogP contribution < -0.4 is 0 Å². The molecule has 4 unspecified atom stereocenters. The molecule has 0 aliphatic heterocycles. The van der Waals surface area contributed by atoms with Crippen molar-refractivity contribution in [1.29, 1.82) is 0 Å². The normalized spacial score (nSPS) is 13.4. The number of nitrogens with zero attached hydrogens (tertiary/aromatic N) is 2. The summed E-state index contributed by atoms with van der Waals surface area (Å²) in [5.74, 6) is 0. The molecule has 0 fully saturated rings. The number of hydrogen-bond acceptors (Lipinski definition) is 2. The van der Waals surface area contributed by atoms with Gasteiger partial charge in [0.05, 0.1) is 0 Å². The van der Waals surface area contributed by atoms with Gasteiger partial charge >= 0.3 is 0 Å². The minimum atomic E-state index is 0. The third kappa shape index (κ3) is 43.8. The first-order valence-electron chi connectivity index (χ1n) is 33.0. The lowest BCUT2D eigenvalue weighted by Gasteiger charge is -2.38. The van der Waals surface area contributed by atoms with Crippen LogP contribution in [0.4, 0.5) is 0 Å². The zero-order valence-corrected chi connectivity index (χ0v) is 52.3. The lowest BCUT2D eigenvalue weighted by Crippen LogP contribution is -2.41. The lowest BCUT2D eigenvalue weighted by molar-refractivity contribution is 0.117. The molecule has 0 aliphatic rings. The molecule has 1 aromatic carbocycles. The van der Waals surface area contributed by atoms with Crippen LogP contribution in [-0.2, 0) is 13.1 Å². The van der Waals surface area contributed by atoms with E-state index in [2.05, 4.69) is 89.5 Å². The maximum absolute atomic E-state index is 2.97. The Labute approximate surface area is 468 Å². The van der Waals surface area contributed by atoms with Crippen molar-refractivity contribution in [1.82, 2.24) is 9.80 Å². The Hall–Kier alpha value is -0.280. The summed E-state index contributed by atoms with van der Waals surface area (Å²) in [7, 11) is 0. The smallest absolute Gasteiger partial charge is 0.0242 e. The molecular weight excluding hydrogens is 916 g/mol. The van der Waals surface area contributed by atoms with Gasteiger partial charge in [-0.15, -0.1) is 24.8 Å². The molecule has 4 heteroatoms. The largest absolute Gasteiger partial charge is 0.294 e. The molecular formula is C68H134Cl2N2. The summed E-state index contributed by atoms with van der Waals surface area (Å²) in [5.41, 5.74) is 3.21. The summed E-state index contributed by atoms with van der Waals surface area (Å²) in [5, 5.41) is 0. The van der Waals surface area contributed by atoms with E-state index in [0.717, 1.165) is 13.1 Å². The van der Waals surface area contributed by atoms with E-state index in [0.29, 0.717) is 24.2 Å². The van der Waals surface area contributed by atoms with Crippen molar-refractivity contribution in [3.8, 4) is 0 Å². The molecule has 0 bridgehead atoms. The summed E-state index contributed by atoms with van der Waals surface area (Å²) in [6.45, 7) is 21.9. The second-order valence-corrected chi connectivity index (χ2v) is 23.8. The standard InChI is InChI=1S/C68H132N2.2ClH/c1-9-13-17-21-25-29-33-37-41-45-49-55-63(5)69(64(6)56-50-46-42-38-34-30-26-22-18-14-10-2)61-67-59-53-54-60-68(67)62-70(65(7)57-51-47-43-39-35-31-27-23-19-15-11-3)66(8)58-52-48-44-40-36-32-28-24-20-16-12-4;;/h53-54,59-60,63-66H,9-52,55-58,61-62H2,1-8H3;2*1H. The van der Waals surface area contributed by atoms with E-state index < -0.39 is 0 Å². The van der Waals surface area contributed by atoms with Gasteiger partial charge in [0.25, 0.3) is 0 Å². The van der Waals surface area contributed by atoms with E-state index in [1.807, 2.05) is 0 Å². The van der Waals surface area contributed by atoms with E-state index >= 15 is 0 Å². The summed E-state index contributed by atoms with van der Waals surface area (Å²) >= 11 is 0. The maximum Gasteiger partial charge on any atom is 0.0242 e. The topological polar surface area (TPSA) is 6.48 Å². The molecule has 1 aromatic rings. The molecule has 0 N–H and O–H groups in total. The average Bonchev–Trinajstić information content (AvgIpc) is 3.36. The molecule has 0 radical (unpaired) electrons. The molecule has 72 heavy (non-hydrogen) atoms. The fourth-order valence-corrected chi connectivity index (χ4v) is 11.8. The Kier molecular flexibility index (Phi) is 58.3. The zero-order chi connectivity index (χ0) is 50.8. The van der Waals surface area contributed by atoms with Crippen molar-refractivity contribution in [2.45, 2.75) is 401 Å². The van der Waals surface area contributed by atoms with Crippen molar-refractivity contribution in [3.05, 3.63) is 35.4 Å². The maximum atomic E-state index is 2.97. The van der Waals surface area contributed by atoms with Gasteiger partial charge < -0.3 is 0 Å². The van der Waals surface area contributed by atoms with Gasteiger partial charge in [0.1, 0.15) is 0 Å². The number of hydrogen-bond donors (Lipinski definition) is 0. The highest BCUT2D eigenvalue weighted by Gasteiger charge is 2.24. The van der Waals surface area contributed by atoms with Crippen LogP contribution in [0.2, 0.25) is 0 Å². The van der Waals surface area contributed by atoms with Gasteiger partial charge in [-0.3, -0.25) is 9.80 Å². The van der Waals surface area contributed by atoms with Crippen LogP contribution in [0.3, 0.4) is 0 Å². The van der Waals surface area contributed by atoms with E-state index in [1.165, 1.54) is 308 Å². The molecule has 0 saturated carbocycles. The Morgan fingerprint density at radius 2 is 0.403 bits per heavy atom. The van der Waals surface area contributed by atoms with Gasteiger partial charge in [-0.2, -0.15) is 0 Å². The highest BCUT2D eigenvalue weighted by atomic mass is 35.5. The monoisotopic (exact) mass is 1050 g/mol. The van der Waals surface area contributed by atoms with Crippen LogP contribution in [-0.4, -0.2) is 34.0 Å². The molecule has 0 aromatic heterocycles. The van der Waals surface area contributed by atoms with Crippen molar-refractivity contribution < 1.29 is 0 Å². The summed E-state index contributed by atoms with van der Waals surface area (Å²) in [6, 6.07) is 12.3. The van der Waals surface area contributed by atoms with Gasteiger partial charge in [0, 0.05) is 37.3 Å². The summed E-state index contributed by atoms with van der Waals surface area (Å²) < 4.78 is 0. The first-order valence-corrected chi connectivity index (χ1v) is 33.0. The number of benzene rings is 1. The van der Waals surface area contributed by atoms with E-state index in [9.17, 15) is 0 Å². The van der Waals surface area contributed by atoms with Gasteiger partial charge in [-0.1, -0.05) is 334 Å². The van der Waals surface area contributed by atoms with Crippen molar-refractivity contribution in [3.63, 3.8) is 0 Å². The summed E-state index contributed by atoms with van der Waals surface area (Å²) in [4.78, 5) is 5.94. The van der Waals surface area contributed by atoms with Gasteiger partial charge in [0.15, 0.2) is 0 Å². The fourth-order valence-electron chi connectivity index (χ4n) is 11.8. The molecule has 0 spiro atoms. The quantitative estimate of drug-likeness (QED) is 0.0600. The van der Waals surface area contributed by atoms with Crippen LogP contribution >= 0.6 is 24.8 Å². The second kappa shape index (κ2) is 56.9. The molecule has 0 aliphatic carbocycles. The molecule has 0 amide bonds. The minimum absolute atomic E-state index is 0. The zero-order valence-electron chi connectivity index (χ0n) is 50.7. The van der Waals surface area contributed by atoms with Crippen LogP contribution in [0.5, 0.6) is 0 Å². The fraction of sp³-hybridized carbons (Fsp3) is 0.912. The number of rotatable bonds is 56. The molecule has 0 heterocycles. The molecule has 2 nitrogen and oxygen atoms in total. The van der Waals surface area contributed by atoms with Crippen LogP contribution in [0.1, 0.15) is 375 Å². The van der Waals surface area contributed by atoms with Gasteiger partial charge in [0.2, 0.25) is 0 Å². The SMILES string of the molecule is CCCCCCCCCCCCCC(C)N(Cc1ccccc1CN(C(C)CCCCCCCCCCCCC)C(C)CCCCCCCCCCCCC)C(C)CCCCCCCCCCCCC.Cl.Cl. The van der Waals surface area contributed by atoms with Crippen LogP contribution in [0.15, 0.2) is 24.3 Å². The number of unbranched alkanes of at least 4 members (excludes halogenated alkanes) is 40. The van der Waals surface area contributed by atoms with E-state index in [4.69, 9.17) is 0 Å². The van der Waals surface area contributed by atoms with Crippen molar-refractivity contribution in [2.75, 3.05) is 0 Å². The third-order valence-corrected chi connectivity index (χ3v) is 17.0. The van der Waals surface area contributed by atoms with Crippen LogP contribution in [0, 0.1) is 0 Å². The Morgan fingerprint density at radius 1 is 0.250 bits per heavy atom. The summed E-state index contributed by atoms with van der Waals surface area (Å²) in [6.07, 6.45) is 68.3. The highest BCUT2D eigenvalue weighted by molar-refractivity contribution is 5.85. The van der Waals surface area contributed by atoms with E-state index in [1.54, 1.807) is 11.1 Å².